The lowest BCUT2D eigenvalue weighted by Gasteiger charge is -2.24. The number of nitrogens with zero attached hydrogens (tertiary/aromatic N) is 4. The second-order valence-corrected chi connectivity index (χ2v) is 8.67. The van der Waals surface area contributed by atoms with Crippen molar-refractivity contribution in [3.05, 3.63) is 82.7 Å². The summed E-state index contributed by atoms with van der Waals surface area (Å²) in [6.07, 6.45) is 2.89. The zero-order valence-corrected chi connectivity index (χ0v) is 18.2. The number of aromatic nitrogens is 4. The number of thioether (sulfide) groups is 1. The van der Waals surface area contributed by atoms with E-state index in [1.54, 1.807) is 29.6 Å². The highest BCUT2D eigenvalue weighted by Crippen LogP contribution is 2.36. The summed E-state index contributed by atoms with van der Waals surface area (Å²) in [6, 6.07) is 16.2. The van der Waals surface area contributed by atoms with E-state index in [1.165, 1.54) is 11.1 Å². The molecule has 1 atom stereocenters. The molecule has 31 heavy (non-hydrogen) atoms. The van der Waals surface area contributed by atoms with E-state index in [1.807, 2.05) is 36.4 Å². The molecule has 0 aliphatic heterocycles. The summed E-state index contributed by atoms with van der Waals surface area (Å²) in [5.74, 6) is 2.25. The second kappa shape index (κ2) is 8.15. The van der Waals surface area contributed by atoms with Crippen molar-refractivity contribution in [3.8, 4) is 5.75 Å². The molecule has 2 aromatic heterocycles. The smallest absolute Gasteiger partial charge is 0.253 e. The fourth-order valence-corrected chi connectivity index (χ4v) is 4.96. The minimum atomic E-state index is 0.0453. The number of para-hydroxylation sites is 1. The van der Waals surface area contributed by atoms with Gasteiger partial charge in [0.05, 0.1) is 18.4 Å². The molecule has 0 radical (unpaired) electrons. The Hall–Kier alpha value is -3.19. The van der Waals surface area contributed by atoms with Crippen LogP contribution in [0.25, 0.3) is 5.78 Å². The van der Waals surface area contributed by atoms with Crippen molar-refractivity contribution in [2.24, 2.45) is 0 Å². The molecule has 7 heteroatoms. The van der Waals surface area contributed by atoms with Crippen molar-refractivity contribution < 1.29 is 9.53 Å². The average Bonchev–Trinajstić information content (AvgIpc) is 3.19. The van der Waals surface area contributed by atoms with Gasteiger partial charge < -0.3 is 4.74 Å². The van der Waals surface area contributed by atoms with Crippen LogP contribution in [0.3, 0.4) is 0 Å². The SMILES string of the molecule is COc1ccccc1[C@H]1CC(=O)c2cn3nc(SCc4ccccc4C)nc3nc2C1. The van der Waals surface area contributed by atoms with Crippen molar-refractivity contribution >= 4 is 23.3 Å². The van der Waals surface area contributed by atoms with Crippen LogP contribution >= 0.6 is 11.8 Å². The van der Waals surface area contributed by atoms with Gasteiger partial charge in [0, 0.05) is 24.3 Å². The standard InChI is InChI=1S/C24H22N4O2S/c1-15-7-3-4-8-16(15)14-31-24-26-23-25-20-11-17(18-9-5-6-10-22(18)30-2)12-21(29)19(20)13-28(23)27-24/h3-10,13,17H,11-12,14H2,1-2H3/t17-/m1/s1. The summed E-state index contributed by atoms with van der Waals surface area (Å²) in [5.41, 5.74) is 4.97. The fraction of sp³-hybridized carbons (Fsp3) is 0.250. The van der Waals surface area contributed by atoms with E-state index in [0.717, 1.165) is 22.8 Å². The quantitative estimate of drug-likeness (QED) is 0.430. The molecule has 6 nitrogen and oxygen atoms in total. The maximum atomic E-state index is 12.9. The Kier molecular flexibility index (Phi) is 5.19. The van der Waals surface area contributed by atoms with Gasteiger partial charge in [0.2, 0.25) is 5.16 Å². The molecule has 1 aliphatic rings. The van der Waals surface area contributed by atoms with Gasteiger partial charge in [0.1, 0.15) is 5.75 Å². The summed E-state index contributed by atoms with van der Waals surface area (Å²) in [6.45, 7) is 2.10. The highest BCUT2D eigenvalue weighted by atomic mass is 32.2. The number of carbonyl (C=O) groups is 1. The Morgan fingerprint density at radius 2 is 1.90 bits per heavy atom. The monoisotopic (exact) mass is 430 g/mol. The zero-order valence-electron chi connectivity index (χ0n) is 17.4. The Morgan fingerprint density at radius 3 is 2.74 bits per heavy atom. The van der Waals surface area contributed by atoms with Gasteiger partial charge in [-0.15, -0.1) is 5.10 Å². The first kappa shape index (κ1) is 19.8. The lowest BCUT2D eigenvalue weighted by atomic mass is 9.82. The molecule has 156 valence electrons. The van der Waals surface area contributed by atoms with E-state index in [2.05, 4.69) is 29.1 Å². The fourth-order valence-electron chi connectivity index (χ4n) is 4.06. The van der Waals surface area contributed by atoms with Crippen LogP contribution in [-0.2, 0) is 12.2 Å². The molecule has 0 N–H and O–H groups in total. The summed E-state index contributed by atoms with van der Waals surface area (Å²) in [4.78, 5) is 22.2. The van der Waals surface area contributed by atoms with E-state index < -0.39 is 0 Å². The van der Waals surface area contributed by atoms with Crippen LogP contribution in [0.2, 0.25) is 0 Å². The predicted molar refractivity (Wildman–Crippen MR) is 120 cm³/mol. The van der Waals surface area contributed by atoms with Crippen molar-refractivity contribution in [1.29, 1.82) is 0 Å². The molecule has 0 spiro atoms. The molecule has 0 amide bonds. The topological polar surface area (TPSA) is 69.4 Å². The number of methoxy groups -OCH3 is 1. The summed E-state index contributed by atoms with van der Waals surface area (Å²) in [7, 11) is 1.66. The number of fused-ring (bicyclic) bond motifs is 2. The van der Waals surface area contributed by atoms with E-state index in [4.69, 9.17) is 9.72 Å². The normalized spacial score (nSPS) is 15.8. The molecule has 2 aromatic carbocycles. The molecular weight excluding hydrogens is 408 g/mol. The Labute approximate surface area is 184 Å². The maximum absolute atomic E-state index is 12.9. The lowest BCUT2D eigenvalue weighted by molar-refractivity contribution is 0.0962. The van der Waals surface area contributed by atoms with Gasteiger partial charge in [0.15, 0.2) is 5.78 Å². The highest BCUT2D eigenvalue weighted by molar-refractivity contribution is 7.98. The number of ether oxygens (including phenoxy) is 1. The van der Waals surface area contributed by atoms with Gasteiger partial charge in [0.25, 0.3) is 5.78 Å². The molecule has 0 bridgehead atoms. The van der Waals surface area contributed by atoms with Crippen LogP contribution in [0, 0.1) is 6.92 Å². The first-order chi connectivity index (χ1) is 15.1. The van der Waals surface area contributed by atoms with E-state index in [0.29, 0.717) is 29.3 Å². The van der Waals surface area contributed by atoms with Gasteiger partial charge in [-0.1, -0.05) is 54.2 Å². The third-order valence-corrected chi connectivity index (χ3v) is 6.65. The molecule has 0 unspecified atom stereocenters. The molecule has 0 saturated heterocycles. The first-order valence-corrected chi connectivity index (χ1v) is 11.2. The Balaban J connectivity index is 1.42. The molecule has 5 rings (SSSR count). The van der Waals surface area contributed by atoms with Gasteiger partial charge >= 0.3 is 0 Å². The van der Waals surface area contributed by atoms with Gasteiger partial charge in [-0.05, 0) is 36.1 Å². The van der Waals surface area contributed by atoms with Gasteiger partial charge in [-0.3, -0.25) is 4.79 Å². The van der Waals surface area contributed by atoms with Crippen LogP contribution in [0.5, 0.6) is 5.75 Å². The van der Waals surface area contributed by atoms with Crippen LogP contribution in [0.1, 0.15) is 45.1 Å². The predicted octanol–water partition coefficient (Wildman–Crippen LogP) is 4.65. The van der Waals surface area contributed by atoms with Crippen LogP contribution in [-0.4, -0.2) is 32.5 Å². The van der Waals surface area contributed by atoms with E-state index in [-0.39, 0.29) is 11.7 Å². The van der Waals surface area contributed by atoms with Crippen molar-refractivity contribution in [3.63, 3.8) is 0 Å². The number of Topliss-reactive ketones (excluding diaryl/α,β-unsaturated/α-hetero) is 1. The minimum absolute atomic E-state index is 0.0453. The highest BCUT2D eigenvalue weighted by Gasteiger charge is 2.30. The molecule has 4 aromatic rings. The third-order valence-electron chi connectivity index (χ3n) is 5.76. The summed E-state index contributed by atoms with van der Waals surface area (Å²) >= 11 is 1.57. The van der Waals surface area contributed by atoms with E-state index in [9.17, 15) is 4.79 Å². The van der Waals surface area contributed by atoms with Gasteiger partial charge in [-0.25, -0.2) is 9.50 Å². The number of aryl methyl sites for hydroxylation is 1. The second-order valence-electron chi connectivity index (χ2n) is 7.73. The number of rotatable bonds is 5. The summed E-state index contributed by atoms with van der Waals surface area (Å²) in [5, 5.41) is 5.20. The summed E-state index contributed by atoms with van der Waals surface area (Å²) < 4.78 is 7.13. The molecule has 1 aliphatic carbocycles. The van der Waals surface area contributed by atoms with Crippen molar-refractivity contribution in [1.82, 2.24) is 19.6 Å². The average molecular weight is 431 g/mol. The minimum Gasteiger partial charge on any atom is -0.496 e. The maximum Gasteiger partial charge on any atom is 0.253 e. The first-order valence-electron chi connectivity index (χ1n) is 10.2. The Bertz CT molecular complexity index is 1280. The number of ketones is 1. The number of hydrogen-bond acceptors (Lipinski definition) is 6. The largest absolute Gasteiger partial charge is 0.496 e. The number of hydrogen-bond donors (Lipinski definition) is 0. The molecule has 2 heterocycles. The van der Waals surface area contributed by atoms with E-state index >= 15 is 0 Å². The lowest BCUT2D eigenvalue weighted by Crippen LogP contribution is -2.21. The van der Waals surface area contributed by atoms with Gasteiger partial charge in [-0.2, -0.15) is 4.98 Å². The zero-order chi connectivity index (χ0) is 21.4. The molecular formula is C24H22N4O2S. The van der Waals surface area contributed by atoms with Crippen LogP contribution in [0.15, 0.2) is 59.9 Å². The number of benzene rings is 2. The van der Waals surface area contributed by atoms with Crippen LogP contribution in [0.4, 0.5) is 0 Å². The Morgan fingerprint density at radius 1 is 1.10 bits per heavy atom. The molecule has 0 saturated carbocycles. The number of carbonyl (C=O) groups excluding carboxylic acids is 1. The third kappa shape index (κ3) is 3.81. The van der Waals surface area contributed by atoms with Crippen molar-refractivity contribution in [2.45, 2.75) is 36.6 Å². The molecule has 0 fully saturated rings. The van der Waals surface area contributed by atoms with Crippen LogP contribution < -0.4 is 4.74 Å². The van der Waals surface area contributed by atoms with Crippen molar-refractivity contribution in [2.75, 3.05) is 7.11 Å².